The van der Waals surface area contributed by atoms with Crippen LogP contribution in [0.25, 0.3) is 22.2 Å². The average molecular weight is 325 g/mol. The van der Waals surface area contributed by atoms with Gasteiger partial charge in [-0.2, -0.15) is 0 Å². The number of benzene rings is 2. The molecule has 6 nitrogen and oxygen atoms in total. The normalized spacial score (nSPS) is 12.5. The van der Waals surface area contributed by atoms with Crippen molar-refractivity contribution < 1.29 is 19.3 Å². The van der Waals surface area contributed by atoms with Crippen LogP contribution in [-0.2, 0) is 0 Å². The molecule has 0 fully saturated rings. The molecule has 2 N–H and O–H groups in total. The molecule has 122 valence electrons. The van der Waals surface area contributed by atoms with Gasteiger partial charge in [-0.05, 0) is 25.1 Å². The summed E-state index contributed by atoms with van der Waals surface area (Å²) in [6, 6.07) is 9.79. The molecule has 2 aromatic carbocycles. The van der Waals surface area contributed by atoms with Crippen molar-refractivity contribution >= 4 is 10.9 Å². The lowest BCUT2D eigenvalue weighted by atomic mass is 10.1. The van der Waals surface area contributed by atoms with Crippen LogP contribution in [0.15, 0.2) is 41.2 Å². The van der Waals surface area contributed by atoms with Gasteiger partial charge < -0.3 is 24.3 Å². The van der Waals surface area contributed by atoms with E-state index in [-0.39, 0.29) is 18.0 Å². The number of pyridine rings is 1. The SMILES string of the molecule is CCOc1cc(O)cc(-c2cc(=O)c3cc4c(cc3[nH]2)OCO4)c1. The summed E-state index contributed by atoms with van der Waals surface area (Å²) in [5.74, 6) is 1.78. The molecule has 0 atom stereocenters. The first kappa shape index (κ1) is 14.4. The molecule has 0 saturated heterocycles. The van der Waals surface area contributed by atoms with Gasteiger partial charge in [-0.25, -0.2) is 0 Å². The Kier molecular flexibility index (Phi) is 3.30. The number of phenolic OH excluding ortho intramolecular Hbond substituents is 1. The Morgan fingerprint density at radius 3 is 2.71 bits per heavy atom. The predicted molar refractivity (Wildman–Crippen MR) is 89.0 cm³/mol. The third-order valence-electron chi connectivity index (χ3n) is 3.84. The maximum Gasteiger partial charge on any atom is 0.231 e. The lowest BCUT2D eigenvalue weighted by molar-refractivity contribution is 0.174. The summed E-state index contributed by atoms with van der Waals surface area (Å²) in [7, 11) is 0. The van der Waals surface area contributed by atoms with Crippen molar-refractivity contribution in [1.82, 2.24) is 4.98 Å². The van der Waals surface area contributed by atoms with E-state index < -0.39 is 0 Å². The number of aromatic nitrogens is 1. The van der Waals surface area contributed by atoms with E-state index in [1.165, 1.54) is 12.1 Å². The minimum absolute atomic E-state index is 0.0718. The molecule has 1 aliphatic heterocycles. The molecular formula is C18H15NO5. The summed E-state index contributed by atoms with van der Waals surface area (Å²) in [6.45, 7) is 2.50. The van der Waals surface area contributed by atoms with Crippen LogP contribution < -0.4 is 19.6 Å². The smallest absolute Gasteiger partial charge is 0.231 e. The maximum atomic E-state index is 12.5. The number of ether oxygens (including phenoxy) is 3. The number of nitrogens with one attached hydrogen (secondary N) is 1. The Balaban J connectivity index is 1.89. The van der Waals surface area contributed by atoms with E-state index in [1.54, 1.807) is 24.3 Å². The Morgan fingerprint density at radius 1 is 1.12 bits per heavy atom. The molecule has 0 spiro atoms. The average Bonchev–Trinajstić information content (AvgIpc) is 3.00. The van der Waals surface area contributed by atoms with Gasteiger partial charge in [0, 0.05) is 34.8 Å². The summed E-state index contributed by atoms with van der Waals surface area (Å²) in [5, 5.41) is 10.4. The van der Waals surface area contributed by atoms with E-state index in [0.29, 0.717) is 46.0 Å². The van der Waals surface area contributed by atoms with Crippen molar-refractivity contribution in [2.45, 2.75) is 6.92 Å². The fourth-order valence-electron chi connectivity index (χ4n) is 2.78. The van der Waals surface area contributed by atoms with E-state index in [4.69, 9.17) is 14.2 Å². The Hall–Kier alpha value is -3.15. The second kappa shape index (κ2) is 5.49. The minimum atomic E-state index is -0.140. The van der Waals surface area contributed by atoms with Crippen molar-refractivity contribution in [2.75, 3.05) is 13.4 Å². The van der Waals surface area contributed by atoms with Gasteiger partial charge in [-0.1, -0.05) is 0 Å². The number of aromatic hydroxyl groups is 1. The van der Waals surface area contributed by atoms with Gasteiger partial charge in [0.05, 0.1) is 12.1 Å². The largest absolute Gasteiger partial charge is 0.508 e. The predicted octanol–water partition coefficient (Wildman–Crippen LogP) is 3.03. The number of phenols is 1. The van der Waals surface area contributed by atoms with Gasteiger partial charge in [0.25, 0.3) is 0 Å². The van der Waals surface area contributed by atoms with Crippen LogP contribution in [0, 0.1) is 0 Å². The molecule has 1 aliphatic rings. The molecule has 0 radical (unpaired) electrons. The molecule has 0 aliphatic carbocycles. The molecule has 4 rings (SSSR count). The van der Waals surface area contributed by atoms with Crippen LogP contribution in [0.1, 0.15) is 6.92 Å². The van der Waals surface area contributed by atoms with Crippen LogP contribution in [0.5, 0.6) is 23.0 Å². The second-order valence-electron chi connectivity index (χ2n) is 5.45. The third-order valence-corrected chi connectivity index (χ3v) is 3.84. The Bertz CT molecular complexity index is 993. The van der Waals surface area contributed by atoms with Gasteiger partial charge in [0.2, 0.25) is 6.79 Å². The van der Waals surface area contributed by atoms with Crippen molar-refractivity contribution in [1.29, 1.82) is 0 Å². The van der Waals surface area contributed by atoms with Crippen LogP contribution in [0.2, 0.25) is 0 Å². The summed E-state index contributed by atoms with van der Waals surface area (Å²) in [4.78, 5) is 15.7. The minimum Gasteiger partial charge on any atom is -0.508 e. The summed E-state index contributed by atoms with van der Waals surface area (Å²) >= 11 is 0. The molecule has 3 aromatic rings. The molecular weight excluding hydrogens is 310 g/mol. The van der Waals surface area contributed by atoms with Gasteiger partial charge in [0.1, 0.15) is 11.5 Å². The third kappa shape index (κ3) is 2.42. The van der Waals surface area contributed by atoms with Gasteiger partial charge in [0.15, 0.2) is 16.9 Å². The van der Waals surface area contributed by atoms with E-state index in [2.05, 4.69) is 4.98 Å². The molecule has 0 bridgehead atoms. The van der Waals surface area contributed by atoms with Crippen LogP contribution in [0.3, 0.4) is 0 Å². The fourth-order valence-corrected chi connectivity index (χ4v) is 2.78. The first-order valence-electron chi connectivity index (χ1n) is 7.58. The summed E-state index contributed by atoms with van der Waals surface area (Å²) in [6.07, 6.45) is 0. The Morgan fingerprint density at radius 2 is 1.92 bits per heavy atom. The molecule has 0 amide bonds. The molecule has 0 unspecified atom stereocenters. The van der Waals surface area contributed by atoms with Gasteiger partial charge >= 0.3 is 0 Å². The molecule has 24 heavy (non-hydrogen) atoms. The topological polar surface area (TPSA) is 80.8 Å². The van der Waals surface area contributed by atoms with Gasteiger partial charge in [-0.15, -0.1) is 0 Å². The number of aromatic amines is 1. The van der Waals surface area contributed by atoms with Crippen LogP contribution in [-0.4, -0.2) is 23.5 Å². The van der Waals surface area contributed by atoms with Crippen molar-refractivity contribution in [3.8, 4) is 34.3 Å². The molecule has 1 aromatic heterocycles. The number of H-pyrrole nitrogens is 1. The monoisotopic (exact) mass is 325 g/mol. The molecule has 2 heterocycles. The highest BCUT2D eigenvalue weighted by Gasteiger charge is 2.16. The van der Waals surface area contributed by atoms with Crippen molar-refractivity contribution in [3.63, 3.8) is 0 Å². The molecule has 0 saturated carbocycles. The Labute approximate surface area is 137 Å². The van der Waals surface area contributed by atoms with Crippen LogP contribution >= 0.6 is 0 Å². The maximum absolute atomic E-state index is 12.5. The van der Waals surface area contributed by atoms with Crippen molar-refractivity contribution in [3.05, 3.63) is 46.6 Å². The lowest BCUT2D eigenvalue weighted by Crippen LogP contribution is -2.03. The van der Waals surface area contributed by atoms with E-state index in [0.717, 1.165) is 0 Å². The van der Waals surface area contributed by atoms with Crippen molar-refractivity contribution in [2.24, 2.45) is 0 Å². The fraction of sp³-hybridized carbons (Fsp3) is 0.167. The second-order valence-corrected chi connectivity index (χ2v) is 5.45. The van der Waals surface area contributed by atoms with Crippen LogP contribution in [0.4, 0.5) is 0 Å². The van der Waals surface area contributed by atoms with E-state index in [9.17, 15) is 9.90 Å². The lowest BCUT2D eigenvalue weighted by Gasteiger charge is -2.09. The first-order valence-corrected chi connectivity index (χ1v) is 7.58. The zero-order valence-corrected chi connectivity index (χ0v) is 13.0. The number of fused-ring (bicyclic) bond motifs is 2. The standard InChI is InChI=1S/C18H15NO5/c1-2-22-12-4-10(3-11(20)5-12)14-7-16(21)13-6-17-18(24-9-23-17)8-15(13)19-14/h3-8,20H,2,9H2,1H3,(H,19,21). The summed E-state index contributed by atoms with van der Waals surface area (Å²) in [5.41, 5.74) is 1.75. The molecule has 6 heteroatoms. The number of hydrogen-bond acceptors (Lipinski definition) is 5. The number of hydrogen-bond donors (Lipinski definition) is 2. The van der Waals surface area contributed by atoms with Gasteiger partial charge in [-0.3, -0.25) is 4.79 Å². The zero-order chi connectivity index (χ0) is 16.7. The highest BCUT2D eigenvalue weighted by atomic mass is 16.7. The highest BCUT2D eigenvalue weighted by Crippen LogP contribution is 2.35. The highest BCUT2D eigenvalue weighted by molar-refractivity contribution is 5.85. The van der Waals surface area contributed by atoms with E-state index >= 15 is 0 Å². The summed E-state index contributed by atoms with van der Waals surface area (Å²) < 4.78 is 16.1. The number of rotatable bonds is 3. The zero-order valence-electron chi connectivity index (χ0n) is 13.0. The first-order chi connectivity index (χ1) is 11.6. The van der Waals surface area contributed by atoms with E-state index in [1.807, 2.05) is 6.92 Å². The quantitative estimate of drug-likeness (QED) is 0.773.